The Kier molecular flexibility index (Phi) is 7.93. The van der Waals surface area contributed by atoms with Gasteiger partial charge in [-0.3, -0.25) is 9.59 Å². The van der Waals surface area contributed by atoms with Crippen LogP contribution in [-0.2, 0) is 9.59 Å². The number of benzene rings is 1. The van der Waals surface area contributed by atoms with Gasteiger partial charge in [-0.1, -0.05) is 13.8 Å². The van der Waals surface area contributed by atoms with E-state index in [1.807, 2.05) is 33.8 Å². The van der Waals surface area contributed by atoms with Crippen LogP contribution in [0.3, 0.4) is 0 Å². The average Bonchev–Trinajstić information content (AvgIpc) is 2.90. The van der Waals surface area contributed by atoms with Crippen LogP contribution in [0.25, 0.3) is 5.69 Å². The van der Waals surface area contributed by atoms with Crippen LogP contribution in [0.1, 0.15) is 25.2 Å². The Balaban J connectivity index is 0.00000364. The number of anilines is 1. The van der Waals surface area contributed by atoms with Crippen LogP contribution in [0.5, 0.6) is 0 Å². The van der Waals surface area contributed by atoms with Crippen molar-refractivity contribution >= 4 is 29.9 Å². The van der Waals surface area contributed by atoms with Crippen molar-refractivity contribution in [3.05, 3.63) is 41.5 Å². The number of nitrogens with zero attached hydrogens (tertiary/aromatic N) is 2. The number of rotatable bonds is 6. The summed E-state index contributed by atoms with van der Waals surface area (Å²) in [5.74, 6) is -1.41. The second-order valence-corrected chi connectivity index (χ2v) is 6.54. The predicted octanol–water partition coefficient (Wildman–Crippen LogP) is 2.09. The summed E-state index contributed by atoms with van der Waals surface area (Å²) in [5, 5.41) is 9.24. The van der Waals surface area contributed by atoms with Crippen LogP contribution in [0.15, 0.2) is 24.3 Å². The summed E-state index contributed by atoms with van der Waals surface area (Å²) < 4.78 is 15.9. The number of hydrogen-bond donors (Lipinski definition) is 3. The fraction of sp³-hybridized carbons (Fsp3) is 0.389. The number of hydrogen-bond acceptors (Lipinski definition) is 4. The van der Waals surface area contributed by atoms with Crippen LogP contribution in [-0.4, -0.2) is 34.2 Å². The lowest BCUT2D eigenvalue weighted by molar-refractivity contribution is -0.125. The second-order valence-electron chi connectivity index (χ2n) is 6.54. The number of nitrogens with two attached hydrogens (primary N) is 1. The lowest BCUT2D eigenvalue weighted by Crippen LogP contribution is -2.46. The Morgan fingerprint density at radius 2 is 1.93 bits per heavy atom. The molecular weight excluding hydrogens is 373 g/mol. The van der Waals surface area contributed by atoms with E-state index in [4.69, 9.17) is 5.73 Å². The van der Waals surface area contributed by atoms with Gasteiger partial charge >= 0.3 is 0 Å². The first-order valence-electron chi connectivity index (χ1n) is 8.35. The third-order valence-electron chi connectivity index (χ3n) is 3.91. The van der Waals surface area contributed by atoms with Crippen molar-refractivity contribution in [2.24, 2.45) is 11.7 Å². The molecule has 0 aliphatic heterocycles. The molecule has 1 aromatic heterocycles. The van der Waals surface area contributed by atoms with E-state index in [9.17, 15) is 14.0 Å². The highest BCUT2D eigenvalue weighted by Gasteiger charge is 2.18. The highest BCUT2D eigenvalue weighted by Crippen LogP contribution is 2.19. The Labute approximate surface area is 163 Å². The Hall–Kier alpha value is -2.45. The van der Waals surface area contributed by atoms with Gasteiger partial charge in [0.15, 0.2) is 5.82 Å². The van der Waals surface area contributed by atoms with Crippen molar-refractivity contribution in [2.45, 2.75) is 33.7 Å². The van der Waals surface area contributed by atoms with Gasteiger partial charge in [-0.05, 0) is 44.0 Å². The normalized spacial score (nSPS) is 11.7. The highest BCUT2D eigenvalue weighted by atomic mass is 35.5. The van der Waals surface area contributed by atoms with Gasteiger partial charge in [0.05, 0.1) is 18.3 Å². The molecule has 2 amide bonds. The van der Waals surface area contributed by atoms with E-state index in [0.29, 0.717) is 11.4 Å². The van der Waals surface area contributed by atoms with E-state index in [2.05, 4.69) is 15.7 Å². The predicted molar refractivity (Wildman–Crippen MR) is 105 cm³/mol. The third-order valence-corrected chi connectivity index (χ3v) is 3.91. The summed E-state index contributed by atoms with van der Waals surface area (Å²) in [6.07, 6.45) is 0. The average molecular weight is 398 g/mol. The van der Waals surface area contributed by atoms with E-state index in [0.717, 1.165) is 11.4 Å². The van der Waals surface area contributed by atoms with Gasteiger partial charge in [0.25, 0.3) is 0 Å². The SMILES string of the molecule is Cc1cc(C)n(-c2ccc(NC(=O)CNC(=O)[C@@H](N)C(C)C)cc2F)n1.Cl. The van der Waals surface area contributed by atoms with E-state index in [-0.39, 0.29) is 24.9 Å². The molecule has 2 rings (SSSR count). The Morgan fingerprint density at radius 1 is 1.26 bits per heavy atom. The third kappa shape index (κ3) is 5.77. The first kappa shape index (κ1) is 22.6. The highest BCUT2D eigenvalue weighted by molar-refractivity contribution is 5.95. The molecule has 2 aromatic rings. The topological polar surface area (TPSA) is 102 Å². The number of nitrogens with one attached hydrogen (secondary N) is 2. The van der Waals surface area contributed by atoms with Crippen LogP contribution >= 0.6 is 12.4 Å². The van der Waals surface area contributed by atoms with Crippen LogP contribution in [0.4, 0.5) is 10.1 Å². The molecule has 9 heteroatoms. The van der Waals surface area contributed by atoms with Crippen molar-refractivity contribution in [3.63, 3.8) is 0 Å². The molecule has 0 saturated heterocycles. The molecule has 0 fully saturated rings. The molecule has 4 N–H and O–H groups in total. The summed E-state index contributed by atoms with van der Waals surface area (Å²) >= 11 is 0. The summed E-state index contributed by atoms with van der Waals surface area (Å²) in [4.78, 5) is 23.7. The molecule has 1 aromatic carbocycles. The quantitative estimate of drug-likeness (QED) is 0.694. The first-order chi connectivity index (χ1) is 12.2. The molecule has 0 radical (unpaired) electrons. The lowest BCUT2D eigenvalue weighted by atomic mass is 10.1. The standard InChI is InChI=1S/C18H24FN5O2.ClH/c1-10(2)17(20)18(26)21-9-16(25)22-13-5-6-15(14(19)8-13)24-12(4)7-11(3)23-24;/h5-8,10,17H,9,20H2,1-4H3,(H,21,26)(H,22,25);1H/t17-;/m0./s1. The molecule has 0 aliphatic carbocycles. The van der Waals surface area contributed by atoms with E-state index >= 15 is 0 Å². The smallest absolute Gasteiger partial charge is 0.243 e. The minimum atomic E-state index is -0.680. The maximum Gasteiger partial charge on any atom is 0.243 e. The molecule has 148 valence electrons. The zero-order valence-corrected chi connectivity index (χ0v) is 16.6. The first-order valence-corrected chi connectivity index (χ1v) is 8.35. The summed E-state index contributed by atoms with van der Waals surface area (Å²) in [6, 6.07) is 5.50. The molecule has 0 bridgehead atoms. The van der Waals surface area contributed by atoms with Crippen molar-refractivity contribution in [2.75, 3.05) is 11.9 Å². The fourth-order valence-electron chi connectivity index (χ4n) is 2.42. The molecule has 0 spiro atoms. The zero-order chi connectivity index (χ0) is 19.4. The molecule has 0 saturated carbocycles. The van der Waals surface area contributed by atoms with Gasteiger partial charge in [0, 0.05) is 11.4 Å². The second kappa shape index (κ2) is 9.48. The van der Waals surface area contributed by atoms with Crippen molar-refractivity contribution in [1.82, 2.24) is 15.1 Å². The van der Waals surface area contributed by atoms with E-state index < -0.39 is 23.7 Å². The summed E-state index contributed by atoms with van der Waals surface area (Å²) in [6.45, 7) is 7.06. The van der Waals surface area contributed by atoms with Gasteiger partial charge in [0.2, 0.25) is 11.8 Å². The number of aryl methyl sites for hydroxylation is 2. The van der Waals surface area contributed by atoms with Gasteiger partial charge in [0.1, 0.15) is 5.69 Å². The van der Waals surface area contributed by atoms with Crippen LogP contribution in [0, 0.1) is 25.6 Å². The molecule has 7 nitrogen and oxygen atoms in total. The van der Waals surface area contributed by atoms with Gasteiger partial charge in [-0.2, -0.15) is 5.10 Å². The molecule has 0 aliphatic rings. The molecule has 1 heterocycles. The monoisotopic (exact) mass is 397 g/mol. The van der Waals surface area contributed by atoms with Crippen LogP contribution < -0.4 is 16.4 Å². The Morgan fingerprint density at radius 3 is 2.44 bits per heavy atom. The molecule has 0 unspecified atom stereocenters. The van der Waals surface area contributed by atoms with Gasteiger partial charge in [-0.15, -0.1) is 12.4 Å². The summed E-state index contributed by atoms with van der Waals surface area (Å²) in [5.41, 5.74) is 7.89. The number of aromatic nitrogens is 2. The maximum absolute atomic E-state index is 14.4. The minimum absolute atomic E-state index is 0. The number of carbonyl (C=O) groups is 2. The Bertz CT molecular complexity index is 822. The maximum atomic E-state index is 14.4. The van der Waals surface area contributed by atoms with Crippen molar-refractivity contribution in [3.8, 4) is 5.69 Å². The minimum Gasteiger partial charge on any atom is -0.346 e. The van der Waals surface area contributed by atoms with E-state index in [1.54, 1.807) is 6.07 Å². The number of halogens is 2. The van der Waals surface area contributed by atoms with Crippen molar-refractivity contribution < 1.29 is 14.0 Å². The summed E-state index contributed by atoms with van der Waals surface area (Å²) in [7, 11) is 0. The number of carbonyl (C=O) groups excluding carboxylic acids is 2. The number of amides is 2. The van der Waals surface area contributed by atoms with E-state index in [1.165, 1.54) is 16.8 Å². The largest absolute Gasteiger partial charge is 0.346 e. The molecule has 27 heavy (non-hydrogen) atoms. The van der Waals surface area contributed by atoms with Crippen molar-refractivity contribution in [1.29, 1.82) is 0 Å². The molecule has 1 atom stereocenters. The van der Waals surface area contributed by atoms with Gasteiger partial charge in [-0.25, -0.2) is 9.07 Å². The lowest BCUT2D eigenvalue weighted by Gasteiger charge is -2.15. The van der Waals surface area contributed by atoms with Crippen LogP contribution in [0.2, 0.25) is 0 Å². The van der Waals surface area contributed by atoms with Gasteiger partial charge < -0.3 is 16.4 Å². The fourth-order valence-corrected chi connectivity index (χ4v) is 2.42. The zero-order valence-electron chi connectivity index (χ0n) is 15.7. The molecular formula is C18H25ClFN5O2.